The van der Waals surface area contributed by atoms with Crippen LogP contribution in [0.4, 0.5) is 5.69 Å². The molecular weight excluding hydrogens is 350 g/mol. The average molecular weight is 380 g/mol. The monoisotopic (exact) mass is 379 g/mol. The molecule has 2 aliphatic rings. The molecule has 1 heterocycles. The summed E-state index contributed by atoms with van der Waals surface area (Å²) in [5, 5.41) is 0. The fourth-order valence-corrected chi connectivity index (χ4v) is 4.67. The molecule has 6 nitrogen and oxygen atoms in total. The van der Waals surface area contributed by atoms with Crippen LogP contribution in [0, 0.1) is 5.92 Å². The van der Waals surface area contributed by atoms with E-state index in [2.05, 4.69) is 23.5 Å². The SMILES string of the molecule is CCN(CC)CCNS(=O)(=O)c1ccc2c(c1)CC(C)N2C(=O)C1CC1. The van der Waals surface area contributed by atoms with Crippen LogP contribution in [0.1, 0.15) is 39.2 Å². The molecule has 26 heavy (non-hydrogen) atoms. The Hall–Kier alpha value is -1.44. The second kappa shape index (κ2) is 7.66. The molecule has 144 valence electrons. The molecular formula is C19H29N3O3S. The van der Waals surface area contributed by atoms with Crippen LogP contribution in [0.15, 0.2) is 23.1 Å². The summed E-state index contributed by atoms with van der Waals surface area (Å²) in [6, 6.07) is 5.22. The average Bonchev–Trinajstić information content (AvgIpc) is 3.40. The summed E-state index contributed by atoms with van der Waals surface area (Å²) in [6.07, 6.45) is 2.65. The van der Waals surface area contributed by atoms with Gasteiger partial charge in [-0.05, 0) is 63.0 Å². The third-order valence-electron chi connectivity index (χ3n) is 5.36. The highest BCUT2D eigenvalue weighted by Crippen LogP contribution is 2.39. The number of hydrogen-bond acceptors (Lipinski definition) is 4. The van der Waals surface area contributed by atoms with Crippen molar-refractivity contribution in [3.63, 3.8) is 0 Å². The third kappa shape index (κ3) is 3.94. The molecule has 1 N–H and O–H groups in total. The smallest absolute Gasteiger partial charge is 0.240 e. The van der Waals surface area contributed by atoms with Gasteiger partial charge in [-0.1, -0.05) is 13.8 Å². The zero-order chi connectivity index (χ0) is 18.9. The Morgan fingerprint density at radius 2 is 1.96 bits per heavy atom. The number of sulfonamides is 1. The number of nitrogens with one attached hydrogen (secondary N) is 1. The van der Waals surface area contributed by atoms with Crippen LogP contribution in [0.3, 0.4) is 0 Å². The van der Waals surface area contributed by atoms with Gasteiger partial charge in [0, 0.05) is 30.7 Å². The molecule has 0 saturated heterocycles. The third-order valence-corrected chi connectivity index (χ3v) is 6.81. The van der Waals surface area contributed by atoms with Crippen LogP contribution in [0.2, 0.25) is 0 Å². The molecule has 0 aromatic heterocycles. The van der Waals surface area contributed by atoms with Crippen molar-refractivity contribution < 1.29 is 13.2 Å². The van der Waals surface area contributed by atoms with Gasteiger partial charge >= 0.3 is 0 Å². The molecule has 3 rings (SSSR count). The van der Waals surface area contributed by atoms with Crippen molar-refractivity contribution in [2.75, 3.05) is 31.1 Å². The number of benzene rings is 1. The molecule has 0 bridgehead atoms. The molecule has 1 atom stereocenters. The number of amides is 1. The predicted octanol–water partition coefficient (Wildman–Crippen LogP) is 1.99. The molecule has 1 aliphatic heterocycles. The van der Waals surface area contributed by atoms with Crippen molar-refractivity contribution in [1.82, 2.24) is 9.62 Å². The maximum Gasteiger partial charge on any atom is 0.240 e. The number of hydrogen-bond donors (Lipinski definition) is 1. The van der Waals surface area contributed by atoms with Crippen molar-refractivity contribution in [1.29, 1.82) is 0 Å². The first kappa shape index (κ1) is 19.3. The quantitative estimate of drug-likeness (QED) is 0.750. The Bertz CT molecular complexity index is 770. The number of anilines is 1. The van der Waals surface area contributed by atoms with Crippen molar-refractivity contribution in [2.45, 2.75) is 51.0 Å². The fourth-order valence-electron chi connectivity index (χ4n) is 3.60. The summed E-state index contributed by atoms with van der Waals surface area (Å²) in [6.45, 7) is 9.04. The van der Waals surface area contributed by atoms with Crippen molar-refractivity contribution in [3.05, 3.63) is 23.8 Å². The summed E-state index contributed by atoms with van der Waals surface area (Å²) < 4.78 is 27.9. The topological polar surface area (TPSA) is 69.7 Å². The molecule has 7 heteroatoms. The summed E-state index contributed by atoms with van der Waals surface area (Å²) >= 11 is 0. The van der Waals surface area contributed by atoms with Crippen molar-refractivity contribution in [2.24, 2.45) is 5.92 Å². The number of carbonyl (C=O) groups is 1. The van der Waals surface area contributed by atoms with Gasteiger partial charge < -0.3 is 9.80 Å². The van der Waals surface area contributed by atoms with Crippen LogP contribution in [0.25, 0.3) is 0 Å². The largest absolute Gasteiger partial charge is 0.309 e. The molecule has 1 aromatic rings. The van der Waals surface area contributed by atoms with Crippen LogP contribution in [0.5, 0.6) is 0 Å². The van der Waals surface area contributed by atoms with E-state index in [-0.39, 0.29) is 22.8 Å². The first-order valence-electron chi connectivity index (χ1n) is 9.55. The summed E-state index contributed by atoms with van der Waals surface area (Å²) in [7, 11) is -3.53. The van der Waals surface area contributed by atoms with E-state index in [4.69, 9.17) is 0 Å². The molecule has 1 aromatic carbocycles. The highest BCUT2D eigenvalue weighted by Gasteiger charge is 2.39. The van der Waals surface area contributed by atoms with E-state index >= 15 is 0 Å². The van der Waals surface area contributed by atoms with Gasteiger partial charge in [0.2, 0.25) is 15.9 Å². The molecule has 1 fully saturated rings. The minimum absolute atomic E-state index is 0.0895. The lowest BCUT2D eigenvalue weighted by Crippen LogP contribution is -2.36. The van der Waals surface area contributed by atoms with Gasteiger partial charge in [-0.15, -0.1) is 0 Å². The van der Waals surface area contributed by atoms with Gasteiger partial charge in [-0.3, -0.25) is 4.79 Å². The summed E-state index contributed by atoms with van der Waals surface area (Å²) in [5.74, 6) is 0.345. The Morgan fingerprint density at radius 3 is 2.58 bits per heavy atom. The Labute approximate surface area is 156 Å². The molecule has 1 unspecified atom stereocenters. The number of likely N-dealkylation sites (N-methyl/N-ethyl adjacent to an activating group) is 1. The first-order chi connectivity index (χ1) is 12.4. The van der Waals surface area contributed by atoms with Crippen LogP contribution >= 0.6 is 0 Å². The molecule has 1 amide bonds. The Balaban J connectivity index is 1.72. The Morgan fingerprint density at radius 1 is 1.27 bits per heavy atom. The van der Waals surface area contributed by atoms with Gasteiger partial charge in [0.15, 0.2) is 0 Å². The van der Waals surface area contributed by atoms with Crippen LogP contribution < -0.4 is 9.62 Å². The molecule has 0 radical (unpaired) electrons. The van der Waals surface area contributed by atoms with Gasteiger partial charge in [-0.2, -0.15) is 0 Å². The maximum absolute atomic E-state index is 12.6. The van der Waals surface area contributed by atoms with E-state index in [0.717, 1.165) is 37.2 Å². The van der Waals surface area contributed by atoms with Gasteiger partial charge in [0.05, 0.1) is 4.90 Å². The zero-order valence-electron chi connectivity index (χ0n) is 15.9. The lowest BCUT2D eigenvalue weighted by Gasteiger charge is -2.22. The molecule has 0 spiro atoms. The normalized spacial score (nSPS) is 19.8. The fraction of sp³-hybridized carbons (Fsp3) is 0.632. The number of rotatable bonds is 8. The minimum Gasteiger partial charge on any atom is -0.309 e. The van der Waals surface area contributed by atoms with E-state index in [9.17, 15) is 13.2 Å². The van der Waals surface area contributed by atoms with Crippen LogP contribution in [-0.4, -0.2) is 51.4 Å². The van der Waals surface area contributed by atoms with Crippen LogP contribution in [-0.2, 0) is 21.2 Å². The van der Waals surface area contributed by atoms with E-state index in [1.807, 2.05) is 11.8 Å². The second-order valence-electron chi connectivity index (χ2n) is 7.25. The molecule has 1 aliphatic carbocycles. The highest BCUT2D eigenvalue weighted by molar-refractivity contribution is 7.89. The van der Waals surface area contributed by atoms with Gasteiger partial charge in [0.1, 0.15) is 0 Å². The second-order valence-corrected chi connectivity index (χ2v) is 9.02. The number of nitrogens with zero attached hydrogens (tertiary/aromatic N) is 2. The van der Waals surface area contributed by atoms with E-state index in [1.165, 1.54) is 0 Å². The first-order valence-corrected chi connectivity index (χ1v) is 11.0. The molecule has 1 saturated carbocycles. The van der Waals surface area contributed by atoms with Crippen molar-refractivity contribution >= 4 is 21.6 Å². The van der Waals surface area contributed by atoms with Gasteiger partial charge in [-0.25, -0.2) is 13.1 Å². The van der Waals surface area contributed by atoms with Crippen molar-refractivity contribution in [3.8, 4) is 0 Å². The predicted molar refractivity (Wildman–Crippen MR) is 103 cm³/mol. The zero-order valence-corrected chi connectivity index (χ0v) is 16.7. The summed E-state index contributed by atoms with van der Waals surface area (Å²) in [4.78, 5) is 16.8. The highest BCUT2D eigenvalue weighted by atomic mass is 32.2. The maximum atomic E-state index is 12.6. The summed E-state index contributed by atoms with van der Waals surface area (Å²) in [5.41, 5.74) is 1.81. The van der Waals surface area contributed by atoms with E-state index < -0.39 is 10.0 Å². The minimum atomic E-state index is -3.53. The lowest BCUT2D eigenvalue weighted by atomic mass is 10.1. The standard InChI is InChI=1S/C19H29N3O3S/c1-4-21(5-2)11-10-20-26(24,25)17-8-9-18-16(13-17)12-14(3)22(18)19(23)15-6-7-15/h8-9,13-15,20H,4-7,10-12H2,1-3H3. The lowest BCUT2D eigenvalue weighted by molar-refractivity contribution is -0.120. The van der Waals surface area contributed by atoms with E-state index in [1.54, 1.807) is 18.2 Å². The number of carbonyl (C=O) groups excluding carboxylic acids is 1. The van der Waals surface area contributed by atoms with E-state index in [0.29, 0.717) is 19.5 Å². The van der Waals surface area contributed by atoms with Gasteiger partial charge in [0.25, 0.3) is 0 Å². The number of fused-ring (bicyclic) bond motifs is 1. The Kier molecular flexibility index (Phi) is 5.69.